The number of rotatable bonds is 3. The van der Waals surface area contributed by atoms with Crippen molar-refractivity contribution in [1.29, 1.82) is 0 Å². The summed E-state index contributed by atoms with van der Waals surface area (Å²) in [6.07, 6.45) is 5.32. The molecule has 0 radical (unpaired) electrons. The van der Waals surface area contributed by atoms with Crippen molar-refractivity contribution in [3.05, 3.63) is 23.8 Å². The zero-order valence-electron chi connectivity index (χ0n) is 15.1. The summed E-state index contributed by atoms with van der Waals surface area (Å²) >= 11 is 0. The number of aryl methyl sites for hydroxylation is 1. The van der Waals surface area contributed by atoms with Gasteiger partial charge in [0.2, 0.25) is 0 Å². The molecule has 0 unspecified atom stereocenters. The highest BCUT2D eigenvalue weighted by Crippen LogP contribution is 2.25. The molecule has 1 aromatic heterocycles. The summed E-state index contributed by atoms with van der Waals surface area (Å²) in [5, 5.41) is 0. The summed E-state index contributed by atoms with van der Waals surface area (Å²) in [5.41, 5.74) is 1.41. The number of likely N-dealkylation sites (tertiary alicyclic amines) is 1. The van der Waals surface area contributed by atoms with Gasteiger partial charge in [-0.25, -0.2) is 9.97 Å². The van der Waals surface area contributed by atoms with Crippen LogP contribution in [0.3, 0.4) is 0 Å². The van der Waals surface area contributed by atoms with Crippen LogP contribution < -0.4 is 0 Å². The van der Waals surface area contributed by atoms with Gasteiger partial charge in [0.05, 0.1) is 11.3 Å². The number of piperazine rings is 1. The Labute approximate surface area is 144 Å². The van der Waals surface area contributed by atoms with Gasteiger partial charge in [-0.15, -0.1) is 0 Å². The Kier molecular flexibility index (Phi) is 5.46. The molecule has 2 saturated heterocycles. The van der Waals surface area contributed by atoms with Gasteiger partial charge in [0.25, 0.3) is 5.91 Å². The zero-order valence-corrected chi connectivity index (χ0v) is 15.1. The van der Waals surface area contributed by atoms with Gasteiger partial charge in [0.15, 0.2) is 0 Å². The molecule has 3 heterocycles. The lowest BCUT2D eigenvalue weighted by molar-refractivity contribution is 0.0499. The molecule has 132 valence electrons. The number of hydrogen-bond donors (Lipinski definition) is 0. The molecule has 0 aromatic carbocycles. The molecule has 0 bridgehead atoms. The van der Waals surface area contributed by atoms with Gasteiger partial charge in [-0.1, -0.05) is 0 Å². The van der Waals surface area contributed by atoms with Crippen LogP contribution in [0.1, 0.15) is 35.8 Å². The number of aromatic nitrogens is 2. The normalized spacial score (nSPS) is 22.5. The molecule has 6 heteroatoms. The quantitative estimate of drug-likeness (QED) is 0.835. The first kappa shape index (κ1) is 17.3. The van der Waals surface area contributed by atoms with E-state index in [1.54, 1.807) is 6.20 Å². The molecule has 3 rings (SSSR count). The number of likely N-dealkylation sites (N-methyl/N-ethyl adjacent to an activating group) is 1. The smallest absolute Gasteiger partial charge is 0.257 e. The predicted molar refractivity (Wildman–Crippen MR) is 93.9 cm³/mol. The van der Waals surface area contributed by atoms with Gasteiger partial charge in [-0.3, -0.25) is 9.69 Å². The Bertz CT molecular complexity index is 562. The molecule has 2 fully saturated rings. The predicted octanol–water partition coefficient (Wildman–Crippen LogP) is 1.27. The maximum atomic E-state index is 12.7. The summed E-state index contributed by atoms with van der Waals surface area (Å²) in [5.74, 6) is 0.768. The Morgan fingerprint density at radius 2 is 1.83 bits per heavy atom. The van der Waals surface area contributed by atoms with E-state index in [2.05, 4.69) is 33.7 Å². The molecule has 0 saturated carbocycles. The Morgan fingerprint density at radius 3 is 2.46 bits per heavy atom. The fraction of sp³-hybridized carbons (Fsp3) is 0.722. The summed E-state index contributed by atoms with van der Waals surface area (Å²) in [7, 11) is 2.20. The molecule has 2 aliphatic rings. The third-order valence-corrected chi connectivity index (χ3v) is 5.76. The van der Waals surface area contributed by atoms with E-state index in [4.69, 9.17) is 0 Å². The molecular formula is C18H29N5O. The van der Waals surface area contributed by atoms with Crippen molar-refractivity contribution < 1.29 is 4.79 Å². The van der Waals surface area contributed by atoms with Gasteiger partial charge >= 0.3 is 0 Å². The van der Waals surface area contributed by atoms with Crippen molar-refractivity contribution in [2.75, 3.05) is 46.3 Å². The molecule has 24 heavy (non-hydrogen) atoms. The molecule has 0 N–H and O–H groups in total. The molecule has 1 atom stereocenters. The minimum atomic E-state index is 0.0822. The van der Waals surface area contributed by atoms with E-state index in [0.717, 1.165) is 57.8 Å². The lowest BCUT2D eigenvalue weighted by Crippen LogP contribution is -2.52. The van der Waals surface area contributed by atoms with E-state index in [-0.39, 0.29) is 5.91 Å². The van der Waals surface area contributed by atoms with E-state index in [1.807, 2.05) is 11.8 Å². The van der Waals surface area contributed by atoms with Gasteiger partial charge in [0.1, 0.15) is 6.33 Å². The number of hydrogen-bond acceptors (Lipinski definition) is 5. The van der Waals surface area contributed by atoms with Crippen molar-refractivity contribution >= 4 is 5.91 Å². The number of piperidine rings is 1. The highest BCUT2D eigenvalue weighted by atomic mass is 16.2. The second-order valence-electron chi connectivity index (χ2n) is 7.23. The van der Waals surface area contributed by atoms with Crippen molar-refractivity contribution in [1.82, 2.24) is 24.7 Å². The Morgan fingerprint density at radius 1 is 1.17 bits per heavy atom. The summed E-state index contributed by atoms with van der Waals surface area (Å²) in [6.45, 7) is 10.6. The molecule has 0 aliphatic carbocycles. The van der Waals surface area contributed by atoms with Crippen LogP contribution in [0.15, 0.2) is 12.5 Å². The molecule has 0 spiro atoms. The maximum Gasteiger partial charge on any atom is 0.257 e. The number of nitrogens with zero attached hydrogens (tertiary/aromatic N) is 5. The fourth-order valence-corrected chi connectivity index (χ4v) is 3.88. The lowest BCUT2D eigenvalue weighted by Gasteiger charge is -2.42. The largest absolute Gasteiger partial charge is 0.339 e. The van der Waals surface area contributed by atoms with E-state index < -0.39 is 0 Å². The third-order valence-electron chi connectivity index (χ3n) is 5.76. The first-order chi connectivity index (χ1) is 11.6. The van der Waals surface area contributed by atoms with Crippen LogP contribution in [0.25, 0.3) is 0 Å². The van der Waals surface area contributed by atoms with Crippen LogP contribution in [0.5, 0.6) is 0 Å². The van der Waals surface area contributed by atoms with Crippen LogP contribution in [0.4, 0.5) is 0 Å². The summed E-state index contributed by atoms with van der Waals surface area (Å²) < 4.78 is 0. The number of carbonyl (C=O) groups is 1. The van der Waals surface area contributed by atoms with Crippen LogP contribution >= 0.6 is 0 Å². The first-order valence-electron chi connectivity index (χ1n) is 9.04. The maximum absolute atomic E-state index is 12.7. The second kappa shape index (κ2) is 7.57. The molecule has 2 aliphatic heterocycles. The molecule has 1 amide bonds. The van der Waals surface area contributed by atoms with E-state index in [9.17, 15) is 4.79 Å². The summed E-state index contributed by atoms with van der Waals surface area (Å²) in [6, 6.07) is 0.609. The van der Waals surface area contributed by atoms with Crippen LogP contribution in [-0.2, 0) is 0 Å². The van der Waals surface area contributed by atoms with Crippen LogP contribution in [-0.4, -0.2) is 82.9 Å². The average Bonchev–Trinajstić information content (AvgIpc) is 2.62. The average molecular weight is 331 g/mol. The standard InChI is InChI=1S/C18H29N5O/c1-14-17(12-19-13-20-14)18(24)23-6-4-16(5-7-23)15(2)22-10-8-21(3)9-11-22/h12-13,15-16H,4-11H2,1-3H3/t15-/m1/s1. The highest BCUT2D eigenvalue weighted by Gasteiger charge is 2.31. The SMILES string of the molecule is Cc1ncncc1C(=O)N1CCC([C@@H](C)N2CCN(C)CC2)CC1. The van der Waals surface area contributed by atoms with E-state index >= 15 is 0 Å². The number of amides is 1. The van der Waals surface area contributed by atoms with Gasteiger partial charge < -0.3 is 9.80 Å². The number of carbonyl (C=O) groups excluding carboxylic acids is 1. The first-order valence-corrected chi connectivity index (χ1v) is 9.04. The minimum absolute atomic E-state index is 0.0822. The van der Waals surface area contributed by atoms with Crippen molar-refractivity contribution in [3.63, 3.8) is 0 Å². The van der Waals surface area contributed by atoms with Gasteiger partial charge in [0, 0.05) is 51.5 Å². The molecule has 6 nitrogen and oxygen atoms in total. The topological polar surface area (TPSA) is 52.6 Å². The lowest BCUT2D eigenvalue weighted by atomic mass is 9.88. The van der Waals surface area contributed by atoms with E-state index in [0.29, 0.717) is 17.5 Å². The van der Waals surface area contributed by atoms with Crippen molar-refractivity contribution in [2.45, 2.75) is 32.7 Å². The minimum Gasteiger partial charge on any atom is -0.339 e. The van der Waals surface area contributed by atoms with Gasteiger partial charge in [-0.2, -0.15) is 0 Å². The van der Waals surface area contributed by atoms with Crippen LogP contribution in [0, 0.1) is 12.8 Å². The zero-order chi connectivity index (χ0) is 17.1. The third kappa shape index (κ3) is 3.75. The monoisotopic (exact) mass is 331 g/mol. The fourth-order valence-electron chi connectivity index (χ4n) is 3.88. The van der Waals surface area contributed by atoms with Gasteiger partial charge in [-0.05, 0) is 39.7 Å². The Balaban J connectivity index is 1.54. The summed E-state index contributed by atoms with van der Waals surface area (Å²) in [4.78, 5) is 27.8. The highest BCUT2D eigenvalue weighted by molar-refractivity contribution is 5.94. The molecular weight excluding hydrogens is 302 g/mol. The van der Waals surface area contributed by atoms with Crippen molar-refractivity contribution in [2.24, 2.45) is 5.92 Å². The Hall–Kier alpha value is -1.53. The van der Waals surface area contributed by atoms with E-state index in [1.165, 1.54) is 6.33 Å². The van der Waals surface area contributed by atoms with Crippen LogP contribution in [0.2, 0.25) is 0 Å². The second-order valence-corrected chi connectivity index (χ2v) is 7.23. The van der Waals surface area contributed by atoms with Crippen molar-refractivity contribution in [3.8, 4) is 0 Å². The molecule has 1 aromatic rings.